The highest BCUT2D eigenvalue weighted by Gasteiger charge is 2.16. The minimum Gasteiger partial charge on any atom is -0.369 e. The molecule has 2 nitrogen and oxygen atoms in total. The van der Waals surface area contributed by atoms with E-state index in [4.69, 9.17) is 0 Å². The number of nitrogens with one attached hydrogen (secondary N) is 1. The highest BCUT2D eigenvalue weighted by Crippen LogP contribution is 2.29. The number of rotatable bonds is 6. The second-order valence-electron chi connectivity index (χ2n) is 4.25. The highest BCUT2D eigenvalue weighted by atomic mass is 79.9. The highest BCUT2D eigenvalue weighted by molar-refractivity contribution is 9.10. The lowest BCUT2D eigenvalue weighted by atomic mass is 10.1. The van der Waals surface area contributed by atoms with Crippen LogP contribution in [0.25, 0.3) is 0 Å². The van der Waals surface area contributed by atoms with Crippen LogP contribution >= 0.6 is 15.9 Å². The molecular weight excluding hydrogens is 302 g/mol. The lowest BCUT2D eigenvalue weighted by Crippen LogP contribution is -2.27. The van der Waals surface area contributed by atoms with E-state index >= 15 is 0 Å². The molecule has 0 aliphatic carbocycles. The van der Waals surface area contributed by atoms with Crippen LogP contribution in [0, 0.1) is 0 Å². The first-order valence-electron chi connectivity index (χ1n) is 5.97. The molecule has 0 bridgehead atoms. The number of anilines is 1. The third-order valence-electron chi connectivity index (χ3n) is 2.79. The van der Waals surface area contributed by atoms with Crippen LogP contribution in [0.5, 0.6) is 0 Å². The zero-order chi connectivity index (χ0) is 13.7. The van der Waals surface area contributed by atoms with E-state index in [2.05, 4.69) is 21.2 Å². The van der Waals surface area contributed by atoms with Gasteiger partial charge in [-0.15, -0.1) is 0 Å². The van der Waals surface area contributed by atoms with Crippen LogP contribution in [-0.4, -0.2) is 26.6 Å². The molecule has 0 heterocycles. The Hall–Kier alpha value is -0.680. The van der Waals surface area contributed by atoms with E-state index in [-0.39, 0.29) is 12.6 Å². The summed E-state index contributed by atoms with van der Waals surface area (Å²) in [6.45, 7) is 4.64. The lowest BCUT2D eigenvalue weighted by molar-refractivity contribution is 0.156. The Morgan fingerprint density at radius 2 is 2.06 bits per heavy atom. The summed E-state index contributed by atoms with van der Waals surface area (Å²) in [6, 6.07) is 5.92. The molecule has 0 saturated heterocycles. The first-order chi connectivity index (χ1) is 8.45. The second kappa shape index (κ2) is 7.04. The molecule has 0 amide bonds. The van der Waals surface area contributed by atoms with Crippen molar-refractivity contribution in [2.75, 3.05) is 25.0 Å². The monoisotopic (exact) mass is 320 g/mol. The van der Waals surface area contributed by atoms with Crippen LogP contribution in [-0.2, 0) is 0 Å². The summed E-state index contributed by atoms with van der Waals surface area (Å²) in [4.78, 5) is 1.60. The largest absolute Gasteiger partial charge is 0.369 e. The standard InChI is InChI=1S/C13H19BrF2N2/c1-4-17-9(2)11-6-5-10(14)7-12(11)18(3)8-13(15)16/h5-7,9,13,17H,4,8H2,1-3H3. The zero-order valence-electron chi connectivity index (χ0n) is 10.9. The summed E-state index contributed by atoms with van der Waals surface area (Å²) in [7, 11) is 1.69. The van der Waals surface area contributed by atoms with Crippen molar-refractivity contribution in [3.63, 3.8) is 0 Å². The normalized spacial score (nSPS) is 12.8. The van der Waals surface area contributed by atoms with Gasteiger partial charge in [0.2, 0.25) is 0 Å². The minimum atomic E-state index is -2.34. The second-order valence-corrected chi connectivity index (χ2v) is 5.17. The Labute approximate surface area is 115 Å². The van der Waals surface area contributed by atoms with Crippen molar-refractivity contribution in [2.24, 2.45) is 0 Å². The number of hydrogen-bond acceptors (Lipinski definition) is 2. The fourth-order valence-corrected chi connectivity index (χ4v) is 2.28. The van der Waals surface area contributed by atoms with Crippen molar-refractivity contribution in [1.29, 1.82) is 0 Å². The van der Waals surface area contributed by atoms with Crippen molar-refractivity contribution in [3.05, 3.63) is 28.2 Å². The summed E-state index contributed by atoms with van der Waals surface area (Å²) in [6.07, 6.45) is -2.34. The summed E-state index contributed by atoms with van der Waals surface area (Å²) in [5, 5.41) is 3.30. The maximum Gasteiger partial charge on any atom is 0.255 e. The molecule has 1 N–H and O–H groups in total. The van der Waals surface area contributed by atoms with Crippen LogP contribution in [0.4, 0.5) is 14.5 Å². The van der Waals surface area contributed by atoms with Gasteiger partial charge in [-0.1, -0.05) is 28.9 Å². The maximum absolute atomic E-state index is 12.5. The molecule has 0 aromatic heterocycles. The number of benzene rings is 1. The SMILES string of the molecule is CCNC(C)c1ccc(Br)cc1N(C)CC(F)F. The van der Waals surface area contributed by atoms with E-state index in [9.17, 15) is 8.78 Å². The molecular formula is C13H19BrF2N2. The topological polar surface area (TPSA) is 15.3 Å². The average molecular weight is 321 g/mol. The first kappa shape index (κ1) is 15.4. The molecule has 18 heavy (non-hydrogen) atoms. The van der Waals surface area contributed by atoms with Gasteiger partial charge in [-0.2, -0.15) is 0 Å². The molecule has 0 fully saturated rings. The molecule has 5 heteroatoms. The Balaban J connectivity index is 3.02. The van der Waals surface area contributed by atoms with Gasteiger partial charge in [-0.3, -0.25) is 0 Å². The van der Waals surface area contributed by atoms with Gasteiger partial charge in [0.1, 0.15) is 0 Å². The number of hydrogen-bond donors (Lipinski definition) is 1. The summed E-state index contributed by atoms with van der Waals surface area (Å²) >= 11 is 3.38. The third-order valence-corrected chi connectivity index (χ3v) is 3.29. The molecule has 1 aromatic rings. The van der Waals surface area contributed by atoms with Gasteiger partial charge in [0.25, 0.3) is 6.43 Å². The predicted octanol–water partition coefficient (Wildman–Crippen LogP) is 3.82. The molecule has 1 unspecified atom stereocenters. The number of halogens is 3. The van der Waals surface area contributed by atoms with Crippen LogP contribution < -0.4 is 10.2 Å². The smallest absolute Gasteiger partial charge is 0.255 e. The number of alkyl halides is 2. The van der Waals surface area contributed by atoms with E-state index in [0.717, 1.165) is 22.3 Å². The fourth-order valence-electron chi connectivity index (χ4n) is 1.94. The van der Waals surface area contributed by atoms with Crippen molar-refractivity contribution in [1.82, 2.24) is 5.32 Å². The van der Waals surface area contributed by atoms with Crippen molar-refractivity contribution in [2.45, 2.75) is 26.3 Å². The molecule has 0 aliphatic heterocycles. The van der Waals surface area contributed by atoms with Crippen molar-refractivity contribution >= 4 is 21.6 Å². The lowest BCUT2D eigenvalue weighted by Gasteiger charge is -2.25. The van der Waals surface area contributed by atoms with Gasteiger partial charge < -0.3 is 10.2 Å². The van der Waals surface area contributed by atoms with E-state index in [0.29, 0.717) is 0 Å². The van der Waals surface area contributed by atoms with Gasteiger partial charge in [0, 0.05) is 23.2 Å². The summed E-state index contributed by atoms with van der Waals surface area (Å²) in [5.41, 5.74) is 1.86. The summed E-state index contributed by atoms with van der Waals surface area (Å²) in [5.74, 6) is 0. The third kappa shape index (κ3) is 4.21. The number of nitrogens with zero attached hydrogens (tertiary/aromatic N) is 1. The van der Waals surface area contributed by atoms with Crippen molar-refractivity contribution < 1.29 is 8.78 Å². The van der Waals surface area contributed by atoms with E-state index in [1.54, 1.807) is 11.9 Å². The van der Waals surface area contributed by atoms with Crippen molar-refractivity contribution in [3.8, 4) is 0 Å². The first-order valence-corrected chi connectivity index (χ1v) is 6.77. The summed E-state index contributed by atoms with van der Waals surface area (Å²) < 4.78 is 25.9. The average Bonchev–Trinajstić information content (AvgIpc) is 2.28. The fraction of sp³-hybridized carbons (Fsp3) is 0.538. The predicted molar refractivity (Wildman–Crippen MR) is 75.5 cm³/mol. The van der Waals surface area contributed by atoms with Gasteiger partial charge in [-0.05, 0) is 31.2 Å². The molecule has 102 valence electrons. The van der Waals surface area contributed by atoms with Gasteiger partial charge >= 0.3 is 0 Å². The molecule has 0 spiro atoms. The quantitative estimate of drug-likeness (QED) is 0.857. The Kier molecular flexibility index (Phi) is 6.02. The van der Waals surface area contributed by atoms with E-state index in [1.165, 1.54) is 0 Å². The maximum atomic E-state index is 12.5. The zero-order valence-corrected chi connectivity index (χ0v) is 12.5. The van der Waals surface area contributed by atoms with Gasteiger partial charge in [0.05, 0.1) is 6.54 Å². The van der Waals surface area contributed by atoms with E-state index < -0.39 is 6.43 Å². The van der Waals surface area contributed by atoms with Crippen LogP contribution in [0.15, 0.2) is 22.7 Å². The van der Waals surface area contributed by atoms with Gasteiger partial charge in [-0.25, -0.2) is 8.78 Å². The molecule has 0 aliphatic rings. The minimum absolute atomic E-state index is 0.137. The molecule has 1 rings (SSSR count). The Morgan fingerprint density at radius 1 is 1.39 bits per heavy atom. The Bertz CT molecular complexity index is 385. The van der Waals surface area contributed by atoms with Crippen LogP contribution in [0.2, 0.25) is 0 Å². The molecule has 1 atom stereocenters. The molecule has 0 radical (unpaired) electrons. The van der Waals surface area contributed by atoms with Crippen LogP contribution in [0.3, 0.4) is 0 Å². The van der Waals surface area contributed by atoms with Crippen LogP contribution in [0.1, 0.15) is 25.5 Å². The Morgan fingerprint density at radius 3 is 2.61 bits per heavy atom. The molecule has 0 saturated carbocycles. The van der Waals surface area contributed by atoms with E-state index in [1.807, 2.05) is 32.0 Å². The van der Waals surface area contributed by atoms with Gasteiger partial charge in [0.15, 0.2) is 0 Å². The molecule has 1 aromatic carbocycles.